The second-order valence-corrected chi connectivity index (χ2v) is 2.78. The number of aliphatic hydroxyl groups is 2. The van der Waals surface area contributed by atoms with Crippen molar-refractivity contribution in [3.05, 3.63) is 42.0 Å². The molecule has 2 nitrogen and oxygen atoms in total. The van der Waals surface area contributed by atoms with Crippen molar-refractivity contribution in [2.75, 3.05) is 0 Å². The molecule has 0 bridgehead atoms. The largest absolute Gasteiger partial charge is 0.364 e. The van der Waals surface area contributed by atoms with Crippen molar-refractivity contribution in [3.8, 4) is 0 Å². The molecule has 1 aromatic rings. The van der Waals surface area contributed by atoms with Gasteiger partial charge in [-0.05, 0) is 12.5 Å². The summed E-state index contributed by atoms with van der Waals surface area (Å²) in [7, 11) is 0. The molecule has 0 saturated heterocycles. The average molecular weight is 164 g/mol. The van der Waals surface area contributed by atoms with Crippen molar-refractivity contribution in [1.29, 1.82) is 0 Å². The smallest absolute Gasteiger partial charge is 0.178 e. The minimum atomic E-state index is -1.39. The van der Waals surface area contributed by atoms with Crippen LogP contribution in [0.3, 0.4) is 0 Å². The molecule has 0 saturated carbocycles. The molecule has 0 heterocycles. The van der Waals surface area contributed by atoms with Crippen LogP contribution in [0.4, 0.5) is 0 Å². The molecule has 1 rings (SSSR count). The van der Waals surface area contributed by atoms with Crippen LogP contribution in [0.15, 0.2) is 30.8 Å². The van der Waals surface area contributed by atoms with Crippen LogP contribution < -0.4 is 0 Å². The molecule has 0 aromatic heterocycles. The van der Waals surface area contributed by atoms with Gasteiger partial charge in [0.1, 0.15) is 0 Å². The summed E-state index contributed by atoms with van der Waals surface area (Å²) in [6.45, 7) is 5.68. The number of hydrogen-bond donors (Lipinski definition) is 2. The summed E-state index contributed by atoms with van der Waals surface area (Å²) in [5, 5.41) is 17.6. The van der Waals surface area contributed by atoms with Crippen LogP contribution in [0.25, 0.3) is 5.57 Å². The van der Waals surface area contributed by atoms with Gasteiger partial charge in [0, 0.05) is 5.56 Å². The van der Waals surface area contributed by atoms with Crippen LogP contribution in [0.5, 0.6) is 0 Å². The zero-order chi connectivity index (χ0) is 9.14. The number of aliphatic hydroxyl groups excluding tert-OH is 1. The maximum absolute atomic E-state index is 8.79. The Balaban J connectivity index is 2.93. The Bertz CT molecular complexity index is 272. The Labute approximate surface area is 71.8 Å². The van der Waals surface area contributed by atoms with E-state index in [1.165, 1.54) is 0 Å². The molecule has 0 unspecified atom stereocenters. The van der Waals surface area contributed by atoms with E-state index in [0.29, 0.717) is 5.56 Å². The maximum Gasteiger partial charge on any atom is 0.178 e. The number of benzene rings is 1. The van der Waals surface area contributed by atoms with Crippen molar-refractivity contribution < 1.29 is 10.2 Å². The summed E-state index contributed by atoms with van der Waals surface area (Å²) in [5.41, 5.74) is 2.48. The number of rotatable bonds is 2. The first-order chi connectivity index (χ1) is 5.61. The molecule has 2 N–H and O–H groups in total. The third kappa shape index (κ3) is 1.94. The highest BCUT2D eigenvalue weighted by Crippen LogP contribution is 2.15. The lowest BCUT2D eigenvalue weighted by atomic mass is 10.1. The van der Waals surface area contributed by atoms with Crippen molar-refractivity contribution in [2.24, 2.45) is 0 Å². The molecule has 0 aliphatic heterocycles. The molecule has 0 spiro atoms. The van der Waals surface area contributed by atoms with Crippen molar-refractivity contribution >= 4 is 5.57 Å². The van der Waals surface area contributed by atoms with E-state index in [1.54, 1.807) is 12.1 Å². The quantitative estimate of drug-likeness (QED) is 0.653. The normalized spacial score (nSPS) is 10.3. The van der Waals surface area contributed by atoms with Gasteiger partial charge < -0.3 is 10.2 Å². The highest BCUT2D eigenvalue weighted by Gasteiger charge is 2.00. The molecule has 0 aliphatic carbocycles. The first-order valence-corrected chi connectivity index (χ1v) is 3.73. The predicted octanol–water partition coefficient (Wildman–Crippen LogP) is 1.70. The minimum Gasteiger partial charge on any atom is -0.364 e. The third-order valence-electron chi connectivity index (χ3n) is 1.70. The van der Waals surface area contributed by atoms with Crippen LogP contribution in [0.2, 0.25) is 0 Å². The second-order valence-electron chi connectivity index (χ2n) is 2.78. The highest BCUT2D eigenvalue weighted by molar-refractivity contribution is 5.61. The lowest BCUT2D eigenvalue weighted by molar-refractivity contribution is -0.0424. The summed E-state index contributed by atoms with van der Waals surface area (Å²) >= 11 is 0. The highest BCUT2D eigenvalue weighted by atomic mass is 16.5. The standard InChI is InChI=1S/C10H12O2/c1-7(2)8-3-5-9(6-4-8)10(11)12/h3-6,10-12H,1H2,2H3. The summed E-state index contributed by atoms with van der Waals surface area (Å²) in [5.74, 6) is 0. The molecule has 0 fully saturated rings. The van der Waals surface area contributed by atoms with Gasteiger partial charge >= 0.3 is 0 Å². The van der Waals surface area contributed by atoms with E-state index in [9.17, 15) is 0 Å². The Morgan fingerprint density at radius 3 is 2.08 bits per heavy atom. The Morgan fingerprint density at radius 2 is 1.75 bits per heavy atom. The average Bonchev–Trinajstić information content (AvgIpc) is 2.04. The molecule has 2 heteroatoms. The van der Waals surface area contributed by atoms with Gasteiger partial charge in [0.15, 0.2) is 6.29 Å². The fourth-order valence-corrected chi connectivity index (χ4v) is 0.940. The minimum absolute atomic E-state index is 0.500. The fourth-order valence-electron chi connectivity index (χ4n) is 0.940. The summed E-state index contributed by atoms with van der Waals surface area (Å²) in [6.07, 6.45) is -1.39. The van der Waals surface area contributed by atoms with Gasteiger partial charge in [-0.3, -0.25) is 0 Å². The topological polar surface area (TPSA) is 40.5 Å². The predicted molar refractivity (Wildman–Crippen MR) is 48.3 cm³/mol. The zero-order valence-corrected chi connectivity index (χ0v) is 6.99. The van der Waals surface area contributed by atoms with E-state index in [4.69, 9.17) is 10.2 Å². The molecular weight excluding hydrogens is 152 g/mol. The van der Waals surface area contributed by atoms with Gasteiger partial charge in [0.25, 0.3) is 0 Å². The molecule has 12 heavy (non-hydrogen) atoms. The van der Waals surface area contributed by atoms with Gasteiger partial charge in [-0.1, -0.05) is 36.4 Å². The van der Waals surface area contributed by atoms with E-state index in [0.717, 1.165) is 11.1 Å². The Kier molecular flexibility index (Phi) is 2.63. The Hall–Kier alpha value is -1.12. The molecule has 0 radical (unpaired) electrons. The van der Waals surface area contributed by atoms with Gasteiger partial charge in [-0.25, -0.2) is 0 Å². The first-order valence-electron chi connectivity index (χ1n) is 3.73. The van der Waals surface area contributed by atoms with E-state index in [-0.39, 0.29) is 0 Å². The van der Waals surface area contributed by atoms with Gasteiger partial charge in [0.05, 0.1) is 0 Å². The van der Waals surface area contributed by atoms with E-state index >= 15 is 0 Å². The molecule has 0 amide bonds. The lowest BCUT2D eigenvalue weighted by Gasteiger charge is -2.04. The fraction of sp³-hybridized carbons (Fsp3) is 0.200. The molecule has 0 aliphatic rings. The second kappa shape index (κ2) is 3.52. The summed E-state index contributed by atoms with van der Waals surface area (Å²) in [6, 6.07) is 6.98. The van der Waals surface area contributed by atoms with Crippen molar-refractivity contribution in [2.45, 2.75) is 13.2 Å². The third-order valence-corrected chi connectivity index (χ3v) is 1.70. The van der Waals surface area contributed by atoms with Crippen LogP contribution in [0, 0.1) is 0 Å². The van der Waals surface area contributed by atoms with Crippen molar-refractivity contribution in [1.82, 2.24) is 0 Å². The van der Waals surface area contributed by atoms with Gasteiger partial charge in [0.2, 0.25) is 0 Å². The molecule has 0 atom stereocenters. The number of allylic oxidation sites excluding steroid dienone is 1. The number of hydrogen-bond acceptors (Lipinski definition) is 2. The van der Waals surface area contributed by atoms with E-state index in [2.05, 4.69) is 6.58 Å². The maximum atomic E-state index is 8.79. The molecule has 1 aromatic carbocycles. The monoisotopic (exact) mass is 164 g/mol. The van der Waals surface area contributed by atoms with Crippen LogP contribution in [-0.2, 0) is 0 Å². The van der Waals surface area contributed by atoms with Gasteiger partial charge in [-0.2, -0.15) is 0 Å². The summed E-state index contributed by atoms with van der Waals surface area (Å²) in [4.78, 5) is 0. The molecule has 64 valence electrons. The Morgan fingerprint density at radius 1 is 1.25 bits per heavy atom. The van der Waals surface area contributed by atoms with E-state index in [1.807, 2.05) is 19.1 Å². The summed E-state index contributed by atoms with van der Waals surface area (Å²) < 4.78 is 0. The molecular formula is C10H12O2. The SMILES string of the molecule is C=C(C)c1ccc(C(O)O)cc1. The zero-order valence-electron chi connectivity index (χ0n) is 6.99. The van der Waals surface area contributed by atoms with Crippen molar-refractivity contribution in [3.63, 3.8) is 0 Å². The van der Waals surface area contributed by atoms with Crippen LogP contribution >= 0.6 is 0 Å². The first kappa shape index (κ1) is 8.97. The van der Waals surface area contributed by atoms with Gasteiger partial charge in [-0.15, -0.1) is 0 Å². The van der Waals surface area contributed by atoms with Crippen LogP contribution in [0.1, 0.15) is 24.3 Å². The van der Waals surface area contributed by atoms with E-state index < -0.39 is 6.29 Å². The van der Waals surface area contributed by atoms with Crippen LogP contribution in [-0.4, -0.2) is 10.2 Å². The lowest BCUT2D eigenvalue weighted by Crippen LogP contribution is -1.94.